The van der Waals surface area contributed by atoms with Crippen LogP contribution in [-0.4, -0.2) is 37.3 Å². The van der Waals surface area contributed by atoms with Crippen LogP contribution in [0.25, 0.3) is 0 Å². The van der Waals surface area contributed by atoms with E-state index in [1.54, 1.807) is 12.1 Å². The van der Waals surface area contributed by atoms with Crippen molar-refractivity contribution in [3.8, 4) is 11.5 Å². The Morgan fingerprint density at radius 3 is 3.00 bits per heavy atom. The molecule has 1 heterocycles. The number of hydrogen-bond acceptors (Lipinski definition) is 4. The molecule has 0 spiro atoms. The molecule has 1 atom stereocenters. The standard InChI is InChI=1S/C13H18N2O3/c1-18-10-4-5-11(12(16)7-10)13(17)15-9-3-2-6-14-8-9/h4-5,7,9,14,16H,2-3,6,8H2,1H3,(H,15,17). The molecule has 1 aliphatic heterocycles. The van der Waals surface area contributed by atoms with Gasteiger partial charge in [0.05, 0.1) is 12.7 Å². The Balaban J connectivity index is 2.03. The summed E-state index contributed by atoms with van der Waals surface area (Å²) in [5.74, 6) is 0.225. The summed E-state index contributed by atoms with van der Waals surface area (Å²) in [4.78, 5) is 12.0. The molecule has 0 aromatic heterocycles. The van der Waals surface area contributed by atoms with Crippen molar-refractivity contribution in [1.29, 1.82) is 0 Å². The zero-order valence-electron chi connectivity index (χ0n) is 10.4. The molecule has 2 rings (SSSR count). The van der Waals surface area contributed by atoms with Gasteiger partial charge < -0.3 is 20.5 Å². The Hall–Kier alpha value is -1.75. The van der Waals surface area contributed by atoms with E-state index in [-0.39, 0.29) is 23.3 Å². The molecule has 3 N–H and O–H groups in total. The quantitative estimate of drug-likeness (QED) is 0.745. The summed E-state index contributed by atoms with van der Waals surface area (Å²) >= 11 is 0. The number of carbonyl (C=O) groups is 1. The lowest BCUT2D eigenvalue weighted by Crippen LogP contribution is -2.45. The van der Waals surface area contributed by atoms with Crippen molar-refractivity contribution in [2.75, 3.05) is 20.2 Å². The first-order chi connectivity index (χ1) is 8.70. The lowest BCUT2D eigenvalue weighted by molar-refractivity contribution is 0.0928. The van der Waals surface area contributed by atoms with Crippen molar-refractivity contribution in [2.24, 2.45) is 0 Å². The van der Waals surface area contributed by atoms with Crippen LogP contribution in [0.3, 0.4) is 0 Å². The van der Waals surface area contributed by atoms with Crippen molar-refractivity contribution in [2.45, 2.75) is 18.9 Å². The summed E-state index contributed by atoms with van der Waals surface area (Å²) in [6.45, 7) is 1.78. The second kappa shape index (κ2) is 5.73. The van der Waals surface area contributed by atoms with Crippen LogP contribution < -0.4 is 15.4 Å². The number of amides is 1. The Bertz CT molecular complexity index is 428. The van der Waals surface area contributed by atoms with Crippen molar-refractivity contribution in [3.63, 3.8) is 0 Å². The van der Waals surface area contributed by atoms with Crippen LogP contribution in [0.1, 0.15) is 23.2 Å². The minimum Gasteiger partial charge on any atom is -0.507 e. The zero-order chi connectivity index (χ0) is 13.0. The Morgan fingerprint density at radius 2 is 2.39 bits per heavy atom. The first-order valence-electron chi connectivity index (χ1n) is 6.09. The summed E-state index contributed by atoms with van der Waals surface area (Å²) in [6, 6.07) is 4.80. The molecule has 1 unspecified atom stereocenters. The molecule has 98 valence electrons. The van der Waals surface area contributed by atoms with Gasteiger partial charge in [0.25, 0.3) is 5.91 Å². The van der Waals surface area contributed by atoms with Crippen LogP contribution in [0.15, 0.2) is 18.2 Å². The third-order valence-corrected chi connectivity index (χ3v) is 3.08. The number of phenols is 1. The van der Waals surface area contributed by atoms with E-state index in [9.17, 15) is 9.90 Å². The smallest absolute Gasteiger partial charge is 0.255 e. The predicted molar refractivity (Wildman–Crippen MR) is 68.0 cm³/mol. The van der Waals surface area contributed by atoms with E-state index in [0.29, 0.717) is 5.75 Å². The summed E-state index contributed by atoms with van der Waals surface area (Å²) in [5.41, 5.74) is 0.279. The van der Waals surface area contributed by atoms with E-state index in [1.807, 2.05) is 0 Å². The van der Waals surface area contributed by atoms with Crippen LogP contribution in [-0.2, 0) is 0 Å². The Kier molecular flexibility index (Phi) is 4.04. The van der Waals surface area contributed by atoms with Crippen molar-refractivity contribution < 1.29 is 14.6 Å². The van der Waals surface area contributed by atoms with Crippen molar-refractivity contribution >= 4 is 5.91 Å². The summed E-state index contributed by atoms with van der Waals surface area (Å²) in [7, 11) is 1.52. The van der Waals surface area contributed by atoms with Gasteiger partial charge in [-0.2, -0.15) is 0 Å². The molecular weight excluding hydrogens is 232 g/mol. The fourth-order valence-electron chi connectivity index (χ4n) is 2.07. The van der Waals surface area contributed by atoms with Crippen LogP contribution >= 0.6 is 0 Å². The number of nitrogens with one attached hydrogen (secondary N) is 2. The lowest BCUT2D eigenvalue weighted by Gasteiger charge is -2.23. The van der Waals surface area contributed by atoms with E-state index in [4.69, 9.17) is 4.74 Å². The second-order valence-electron chi connectivity index (χ2n) is 4.40. The average Bonchev–Trinajstić information content (AvgIpc) is 2.39. The number of methoxy groups -OCH3 is 1. The number of ether oxygens (including phenoxy) is 1. The third-order valence-electron chi connectivity index (χ3n) is 3.08. The molecule has 18 heavy (non-hydrogen) atoms. The highest BCUT2D eigenvalue weighted by Gasteiger charge is 2.18. The number of aromatic hydroxyl groups is 1. The number of hydrogen-bond donors (Lipinski definition) is 3. The summed E-state index contributed by atoms with van der Waals surface area (Å²) in [6.07, 6.45) is 2.02. The maximum Gasteiger partial charge on any atom is 0.255 e. The topological polar surface area (TPSA) is 70.6 Å². The van der Waals surface area contributed by atoms with E-state index >= 15 is 0 Å². The van der Waals surface area contributed by atoms with E-state index in [2.05, 4.69) is 10.6 Å². The van der Waals surface area contributed by atoms with E-state index in [0.717, 1.165) is 25.9 Å². The van der Waals surface area contributed by atoms with Gasteiger partial charge in [0.1, 0.15) is 11.5 Å². The van der Waals surface area contributed by atoms with Gasteiger partial charge in [-0.05, 0) is 31.5 Å². The largest absolute Gasteiger partial charge is 0.507 e. The molecule has 0 radical (unpaired) electrons. The summed E-state index contributed by atoms with van der Waals surface area (Å²) < 4.78 is 4.98. The highest BCUT2D eigenvalue weighted by Crippen LogP contribution is 2.23. The first-order valence-corrected chi connectivity index (χ1v) is 6.09. The molecule has 1 amide bonds. The van der Waals surface area contributed by atoms with Crippen LogP contribution in [0.2, 0.25) is 0 Å². The monoisotopic (exact) mass is 250 g/mol. The van der Waals surface area contributed by atoms with Gasteiger partial charge in [-0.25, -0.2) is 0 Å². The molecule has 1 aliphatic rings. The Morgan fingerprint density at radius 1 is 1.56 bits per heavy atom. The zero-order valence-corrected chi connectivity index (χ0v) is 10.4. The molecular formula is C13H18N2O3. The molecule has 1 saturated heterocycles. The normalized spacial score (nSPS) is 19.3. The highest BCUT2D eigenvalue weighted by atomic mass is 16.5. The maximum atomic E-state index is 12.0. The molecule has 5 heteroatoms. The van der Waals surface area contributed by atoms with Gasteiger partial charge in [-0.1, -0.05) is 0 Å². The van der Waals surface area contributed by atoms with Gasteiger partial charge >= 0.3 is 0 Å². The molecule has 0 aliphatic carbocycles. The average molecular weight is 250 g/mol. The van der Waals surface area contributed by atoms with E-state index < -0.39 is 0 Å². The van der Waals surface area contributed by atoms with Crippen molar-refractivity contribution in [1.82, 2.24) is 10.6 Å². The van der Waals surface area contributed by atoms with Gasteiger partial charge in [0.15, 0.2) is 0 Å². The van der Waals surface area contributed by atoms with Gasteiger partial charge in [-0.3, -0.25) is 4.79 Å². The van der Waals surface area contributed by atoms with Crippen LogP contribution in [0.5, 0.6) is 11.5 Å². The first kappa shape index (κ1) is 12.7. The fraction of sp³-hybridized carbons (Fsp3) is 0.462. The summed E-state index contributed by atoms with van der Waals surface area (Å²) in [5, 5.41) is 15.9. The number of carbonyl (C=O) groups excluding carboxylic acids is 1. The molecule has 5 nitrogen and oxygen atoms in total. The van der Waals surface area contributed by atoms with Crippen LogP contribution in [0.4, 0.5) is 0 Å². The highest BCUT2D eigenvalue weighted by molar-refractivity contribution is 5.97. The maximum absolute atomic E-state index is 12.0. The number of piperidine rings is 1. The SMILES string of the molecule is COc1ccc(C(=O)NC2CCCNC2)c(O)c1. The molecule has 0 bridgehead atoms. The van der Waals surface area contributed by atoms with Gasteiger partial charge in [0, 0.05) is 18.7 Å². The minimum atomic E-state index is -0.246. The lowest BCUT2D eigenvalue weighted by atomic mass is 10.1. The minimum absolute atomic E-state index is 0.0596. The van der Waals surface area contributed by atoms with Crippen LogP contribution in [0, 0.1) is 0 Å². The molecule has 1 fully saturated rings. The molecule has 0 saturated carbocycles. The Labute approximate surface area is 106 Å². The van der Waals surface area contributed by atoms with E-state index in [1.165, 1.54) is 13.2 Å². The number of benzene rings is 1. The second-order valence-corrected chi connectivity index (χ2v) is 4.40. The van der Waals surface area contributed by atoms with Gasteiger partial charge in [0.2, 0.25) is 0 Å². The third kappa shape index (κ3) is 2.92. The molecule has 1 aromatic rings. The number of rotatable bonds is 3. The van der Waals surface area contributed by atoms with Crippen molar-refractivity contribution in [3.05, 3.63) is 23.8 Å². The fourth-order valence-corrected chi connectivity index (χ4v) is 2.07. The van der Waals surface area contributed by atoms with Gasteiger partial charge in [-0.15, -0.1) is 0 Å². The predicted octanol–water partition coefficient (Wildman–Crippen LogP) is 0.883. The number of phenolic OH excluding ortho intramolecular Hbond substituents is 1. The molecule has 1 aromatic carbocycles.